The lowest BCUT2D eigenvalue weighted by Gasteiger charge is -2.05. The summed E-state index contributed by atoms with van der Waals surface area (Å²) in [5.41, 5.74) is 1.56. The maximum absolute atomic E-state index is 12.1. The number of oxime groups is 1. The molecule has 0 saturated heterocycles. The minimum atomic E-state index is -4.02. The molecule has 0 spiro atoms. The van der Waals surface area contributed by atoms with Crippen LogP contribution in [0.15, 0.2) is 58.6 Å². The zero-order chi connectivity index (χ0) is 16.9. The molecule has 2 aromatic rings. The van der Waals surface area contributed by atoms with Crippen LogP contribution in [0.2, 0.25) is 0 Å². The van der Waals surface area contributed by atoms with Crippen molar-refractivity contribution in [3.63, 3.8) is 0 Å². The number of nitrogens with one attached hydrogen (secondary N) is 1. The summed E-state index contributed by atoms with van der Waals surface area (Å²) < 4.78 is 33.9. The second kappa shape index (κ2) is 7.06. The molecule has 6 nitrogen and oxygen atoms in total. The van der Waals surface area contributed by atoms with E-state index < -0.39 is 10.1 Å². The predicted octanol–water partition coefficient (Wildman–Crippen LogP) is 2.76. The molecule has 0 heterocycles. The molecule has 0 radical (unpaired) electrons. The van der Waals surface area contributed by atoms with Crippen molar-refractivity contribution in [3.05, 3.63) is 59.7 Å². The van der Waals surface area contributed by atoms with Gasteiger partial charge >= 0.3 is 10.1 Å². The van der Waals surface area contributed by atoms with Crippen LogP contribution in [0.3, 0.4) is 0 Å². The fraction of sp³-hybridized carbons (Fsp3) is 0.125. The normalized spacial score (nSPS) is 11.8. The molecule has 2 aromatic carbocycles. The van der Waals surface area contributed by atoms with E-state index in [1.54, 1.807) is 36.4 Å². The van der Waals surface area contributed by atoms with E-state index in [2.05, 4.69) is 5.16 Å². The molecule has 0 fully saturated rings. The van der Waals surface area contributed by atoms with Gasteiger partial charge in [0.25, 0.3) is 0 Å². The molecule has 0 atom stereocenters. The van der Waals surface area contributed by atoms with Gasteiger partial charge < -0.3 is 10.1 Å². The molecular weight excluding hydrogens is 316 g/mol. The molecule has 1 N–H and O–H groups in total. The minimum Gasteiger partial charge on any atom is -0.497 e. The number of benzene rings is 2. The Hall–Kier alpha value is -2.67. The van der Waals surface area contributed by atoms with Crippen molar-refractivity contribution in [3.8, 4) is 5.75 Å². The van der Waals surface area contributed by atoms with Crippen LogP contribution in [0, 0.1) is 12.3 Å². The number of hydrogen-bond donors (Lipinski definition) is 1. The molecule has 0 amide bonds. The summed E-state index contributed by atoms with van der Waals surface area (Å²) in [6, 6.07) is 12.9. The first-order valence-electron chi connectivity index (χ1n) is 6.69. The number of hydrogen-bond acceptors (Lipinski definition) is 6. The highest BCUT2D eigenvalue weighted by molar-refractivity contribution is 7.86. The number of methoxy groups -OCH3 is 1. The van der Waals surface area contributed by atoms with Gasteiger partial charge in [0, 0.05) is 11.8 Å². The van der Waals surface area contributed by atoms with Gasteiger partial charge in [-0.1, -0.05) is 22.9 Å². The maximum Gasteiger partial charge on any atom is 0.358 e. The summed E-state index contributed by atoms with van der Waals surface area (Å²) in [6.45, 7) is 1.85. The molecule has 2 rings (SSSR count). The fourth-order valence-corrected chi connectivity index (χ4v) is 2.50. The highest BCUT2D eigenvalue weighted by Gasteiger charge is 2.16. The Morgan fingerprint density at radius 2 is 1.70 bits per heavy atom. The Labute approximate surface area is 135 Å². The van der Waals surface area contributed by atoms with Gasteiger partial charge in [0.15, 0.2) is 0 Å². The molecule has 0 aliphatic heterocycles. The molecule has 0 aliphatic carbocycles. The third-order valence-corrected chi connectivity index (χ3v) is 4.19. The summed E-state index contributed by atoms with van der Waals surface area (Å²) >= 11 is 0. The molecular formula is C16H16N2O4S. The van der Waals surface area contributed by atoms with Crippen molar-refractivity contribution in [2.75, 3.05) is 7.11 Å². The second-order valence-electron chi connectivity index (χ2n) is 4.69. The number of nitrogens with zero attached hydrogens (tertiary/aromatic N) is 1. The Balaban J connectivity index is 2.24. The highest BCUT2D eigenvalue weighted by Crippen LogP contribution is 2.15. The monoisotopic (exact) mass is 332 g/mol. The molecule has 0 aromatic heterocycles. The zero-order valence-electron chi connectivity index (χ0n) is 12.7. The summed E-state index contributed by atoms with van der Waals surface area (Å²) in [4.78, 5) is 0.00547. The van der Waals surface area contributed by atoms with Gasteiger partial charge in [-0.05, 0) is 43.3 Å². The second-order valence-corrected chi connectivity index (χ2v) is 6.22. The molecule has 0 saturated carbocycles. The predicted molar refractivity (Wildman–Crippen MR) is 87.8 cm³/mol. The minimum absolute atomic E-state index is 0.00547. The van der Waals surface area contributed by atoms with E-state index in [4.69, 9.17) is 14.4 Å². The lowest BCUT2D eigenvalue weighted by molar-refractivity contribution is 0.340. The third kappa shape index (κ3) is 4.17. The van der Waals surface area contributed by atoms with E-state index in [1.165, 1.54) is 19.2 Å². The van der Waals surface area contributed by atoms with Gasteiger partial charge in [0.05, 0.1) is 7.11 Å². The van der Waals surface area contributed by atoms with Crippen molar-refractivity contribution < 1.29 is 17.4 Å². The van der Waals surface area contributed by atoms with Gasteiger partial charge in [-0.2, -0.15) is 8.42 Å². The van der Waals surface area contributed by atoms with Crippen molar-refractivity contribution in [1.29, 1.82) is 5.41 Å². The van der Waals surface area contributed by atoms with Gasteiger partial charge in [-0.15, -0.1) is 0 Å². The maximum atomic E-state index is 12.1. The number of aryl methyl sites for hydroxylation is 1. The lowest BCUT2D eigenvalue weighted by Crippen LogP contribution is -2.08. The van der Waals surface area contributed by atoms with Crippen LogP contribution in [0.5, 0.6) is 5.75 Å². The van der Waals surface area contributed by atoms with Crippen molar-refractivity contribution >= 4 is 22.0 Å². The molecule has 0 unspecified atom stereocenters. The summed E-state index contributed by atoms with van der Waals surface area (Å²) in [6.07, 6.45) is 0.923. The van der Waals surface area contributed by atoms with E-state index in [-0.39, 0.29) is 10.6 Å². The summed E-state index contributed by atoms with van der Waals surface area (Å²) in [5, 5.41) is 11.0. The summed E-state index contributed by atoms with van der Waals surface area (Å²) in [5.74, 6) is 0.645. The topological polar surface area (TPSA) is 88.8 Å². The smallest absolute Gasteiger partial charge is 0.358 e. The van der Waals surface area contributed by atoms with Crippen LogP contribution in [0.4, 0.5) is 0 Å². The molecule has 120 valence electrons. The Bertz CT molecular complexity index is 810. The van der Waals surface area contributed by atoms with Crippen LogP contribution in [0.25, 0.3) is 0 Å². The van der Waals surface area contributed by atoms with Gasteiger partial charge in [-0.3, -0.25) is 4.28 Å². The van der Waals surface area contributed by atoms with Crippen molar-refractivity contribution in [1.82, 2.24) is 0 Å². The molecule has 0 bridgehead atoms. The Morgan fingerprint density at radius 3 is 2.22 bits per heavy atom. The van der Waals surface area contributed by atoms with E-state index in [1.807, 2.05) is 6.92 Å². The summed E-state index contributed by atoms with van der Waals surface area (Å²) in [7, 11) is -2.48. The van der Waals surface area contributed by atoms with Crippen molar-refractivity contribution in [2.45, 2.75) is 11.8 Å². The Morgan fingerprint density at radius 1 is 1.09 bits per heavy atom. The first kappa shape index (κ1) is 16.7. The van der Waals surface area contributed by atoms with Crippen LogP contribution in [-0.4, -0.2) is 27.5 Å². The van der Waals surface area contributed by atoms with E-state index in [9.17, 15) is 8.42 Å². The first-order valence-corrected chi connectivity index (χ1v) is 8.10. The van der Waals surface area contributed by atoms with E-state index >= 15 is 0 Å². The lowest BCUT2D eigenvalue weighted by atomic mass is 10.1. The van der Waals surface area contributed by atoms with Crippen LogP contribution >= 0.6 is 0 Å². The van der Waals surface area contributed by atoms with Crippen LogP contribution in [0.1, 0.15) is 11.1 Å². The quantitative estimate of drug-likeness (QED) is 0.650. The van der Waals surface area contributed by atoms with Gasteiger partial charge in [-0.25, -0.2) is 0 Å². The van der Waals surface area contributed by atoms with E-state index in [0.717, 1.165) is 11.8 Å². The molecule has 7 heteroatoms. The number of rotatable bonds is 6. The van der Waals surface area contributed by atoms with Gasteiger partial charge in [0.1, 0.15) is 16.4 Å². The average Bonchev–Trinajstić information content (AvgIpc) is 2.56. The fourth-order valence-electron chi connectivity index (χ4n) is 1.76. The Kier molecular flexibility index (Phi) is 5.13. The standard InChI is InChI=1S/C16H16N2O4S/c1-12-3-9-15(10-4-12)23(19,20)22-18-16(11-17)13-5-7-14(21-2)8-6-13/h3-11,17H,1-2H3/b17-11?,18-16+. The van der Waals surface area contributed by atoms with Crippen molar-refractivity contribution in [2.24, 2.45) is 5.16 Å². The molecule has 0 aliphatic rings. The third-order valence-electron chi connectivity index (χ3n) is 3.07. The van der Waals surface area contributed by atoms with Crippen LogP contribution < -0.4 is 4.74 Å². The molecule has 23 heavy (non-hydrogen) atoms. The number of ether oxygens (including phenoxy) is 1. The highest BCUT2D eigenvalue weighted by atomic mass is 32.2. The largest absolute Gasteiger partial charge is 0.497 e. The average molecular weight is 332 g/mol. The van der Waals surface area contributed by atoms with Gasteiger partial charge in [0.2, 0.25) is 0 Å². The van der Waals surface area contributed by atoms with E-state index in [0.29, 0.717) is 11.3 Å². The first-order chi connectivity index (χ1) is 11.0. The van der Waals surface area contributed by atoms with Crippen LogP contribution in [-0.2, 0) is 14.4 Å². The zero-order valence-corrected chi connectivity index (χ0v) is 13.5. The SMILES string of the molecule is COc1ccc(/C(C=N)=N/OS(=O)(=O)c2ccc(C)cc2)cc1.